The van der Waals surface area contributed by atoms with E-state index in [1.54, 1.807) is 0 Å². The molecule has 0 spiro atoms. The first-order valence-corrected chi connectivity index (χ1v) is 9.20. The predicted molar refractivity (Wildman–Crippen MR) is 102 cm³/mol. The molecule has 0 amide bonds. The SMILES string of the molecule is CN=C(NCc1ccc(CN(C)C)cc1)N1CCSC(C)(C)C1. The number of nitrogens with one attached hydrogen (secondary N) is 1. The lowest BCUT2D eigenvalue weighted by Gasteiger charge is -2.39. The Morgan fingerprint density at radius 2 is 1.91 bits per heavy atom. The summed E-state index contributed by atoms with van der Waals surface area (Å²) in [5, 5.41) is 3.51. The van der Waals surface area contributed by atoms with Gasteiger partial charge in [-0.25, -0.2) is 0 Å². The van der Waals surface area contributed by atoms with Crippen molar-refractivity contribution in [3.63, 3.8) is 0 Å². The van der Waals surface area contributed by atoms with Crippen LogP contribution in [-0.4, -0.2) is 60.5 Å². The van der Waals surface area contributed by atoms with Crippen molar-refractivity contribution in [1.82, 2.24) is 15.1 Å². The molecular weight excluding hydrogens is 304 g/mol. The number of thioether (sulfide) groups is 1. The van der Waals surface area contributed by atoms with E-state index in [9.17, 15) is 0 Å². The third-order valence-corrected chi connectivity index (χ3v) is 5.21. The third kappa shape index (κ3) is 5.74. The monoisotopic (exact) mass is 334 g/mol. The van der Waals surface area contributed by atoms with Gasteiger partial charge in [0.2, 0.25) is 0 Å². The van der Waals surface area contributed by atoms with E-state index in [0.29, 0.717) is 4.75 Å². The van der Waals surface area contributed by atoms with Crippen LogP contribution in [0, 0.1) is 0 Å². The highest BCUT2D eigenvalue weighted by Crippen LogP contribution is 2.29. The molecule has 23 heavy (non-hydrogen) atoms. The quantitative estimate of drug-likeness (QED) is 0.677. The molecule has 0 aromatic heterocycles. The summed E-state index contributed by atoms with van der Waals surface area (Å²) in [5.41, 5.74) is 2.64. The van der Waals surface area contributed by atoms with E-state index in [0.717, 1.165) is 37.9 Å². The van der Waals surface area contributed by atoms with Gasteiger partial charge in [-0.2, -0.15) is 11.8 Å². The fourth-order valence-electron chi connectivity index (χ4n) is 2.84. The minimum absolute atomic E-state index is 0.295. The lowest BCUT2D eigenvalue weighted by atomic mass is 10.1. The normalized spacial score (nSPS) is 18.3. The average molecular weight is 335 g/mol. The Hall–Kier alpha value is -1.20. The minimum Gasteiger partial charge on any atom is -0.352 e. The van der Waals surface area contributed by atoms with Gasteiger partial charge in [-0.3, -0.25) is 4.99 Å². The van der Waals surface area contributed by atoms with E-state index in [2.05, 4.69) is 72.3 Å². The summed E-state index contributed by atoms with van der Waals surface area (Å²) in [7, 11) is 6.06. The van der Waals surface area contributed by atoms with E-state index in [1.165, 1.54) is 11.1 Å². The Labute approximate surface area is 145 Å². The Kier molecular flexibility index (Phi) is 6.36. The molecule has 2 rings (SSSR count). The van der Waals surface area contributed by atoms with Crippen molar-refractivity contribution in [2.24, 2.45) is 4.99 Å². The number of hydrogen-bond donors (Lipinski definition) is 1. The van der Waals surface area contributed by atoms with Crippen LogP contribution in [0.15, 0.2) is 29.3 Å². The largest absolute Gasteiger partial charge is 0.352 e. The van der Waals surface area contributed by atoms with Gasteiger partial charge in [-0.05, 0) is 39.1 Å². The zero-order valence-electron chi connectivity index (χ0n) is 15.1. The van der Waals surface area contributed by atoms with Gasteiger partial charge >= 0.3 is 0 Å². The molecule has 1 aliphatic heterocycles. The molecule has 1 heterocycles. The number of guanidine groups is 1. The lowest BCUT2D eigenvalue weighted by molar-refractivity contribution is 0.375. The fraction of sp³-hybridized carbons (Fsp3) is 0.611. The maximum Gasteiger partial charge on any atom is 0.193 e. The number of rotatable bonds is 4. The van der Waals surface area contributed by atoms with Crippen molar-refractivity contribution >= 4 is 17.7 Å². The van der Waals surface area contributed by atoms with Gasteiger partial charge in [0.05, 0.1) is 0 Å². The highest BCUT2D eigenvalue weighted by atomic mass is 32.2. The predicted octanol–water partition coefficient (Wildman–Crippen LogP) is 2.65. The number of hydrogen-bond acceptors (Lipinski definition) is 3. The Bertz CT molecular complexity index is 522. The second-order valence-corrected chi connectivity index (χ2v) is 8.79. The first kappa shape index (κ1) is 18.1. The molecule has 1 N–H and O–H groups in total. The van der Waals surface area contributed by atoms with E-state index < -0.39 is 0 Å². The van der Waals surface area contributed by atoms with Gasteiger partial charge < -0.3 is 15.1 Å². The van der Waals surface area contributed by atoms with Crippen LogP contribution in [-0.2, 0) is 13.1 Å². The number of benzene rings is 1. The van der Waals surface area contributed by atoms with Crippen LogP contribution in [0.2, 0.25) is 0 Å². The smallest absolute Gasteiger partial charge is 0.193 e. The molecule has 0 atom stereocenters. The molecule has 1 saturated heterocycles. The molecule has 0 aliphatic carbocycles. The van der Waals surface area contributed by atoms with Crippen LogP contribution in [0.25, 0.3) is 0 Å². The molecule has 1 aromatic carbocycles. The fourth-order valence-corrected chi connectivity index (χ4v) is 3.95. The van der Waals surface area contributed by atoms with Crippen LogP contribution in [0.5, 0.6) is 0 Å². The first-order valence-electron chi connectivity index (χ1n) is 8.22. The number of aliphatic imine (C=N–C) groups is 1. The van der Waals surface area contributed by atoms with E-state index >= 15 is 0 Å². The summed E-state index contributed by atoms with van der Waals surface area (Å²) in [6, 6.07) is 8.82. The van der Waals surface area contributed by atoms with Gasteiger partial charge in [-0.15, -0.1) is 0 Å². The lowest BCUT2D eigenvalue weighted by Crippen LogP contribution is -2.50. The van der Waals surface area contributed by atoms with Crippen LogP contribution in [0.3, 0.4) is 0 Å². The highest BCUT2D eigenvalue weighted by Gasteiger charge is 2.28. The van der Waals surface area contributed by atoms with Crippen molar-refractivity contribution < 1.29 is 0 Å². The molecule has 0 radical (unpaired) electrons. The molecule has 1 aromatic rings. The molecule has 0 unspecified atom stereocenters. The van der Waals surface area contributed by atoms with Gasteiger partial charge in [0.15, 0.2) is 5.96 Å². The van der Waals surface area contributed by atoms with Crippen LogP contribution >= 0.6 is 11.8 Å². The summed E-state index contributed by atoms with van der Waals surface area (Å²) < 4.78 is 0.295. The molecule has 128 valence electrons. The van der Waals surface area contributed by atoms with Gasteiger partial charge in [0.1, 0.15) is 0 Å². The molecule has 5 heteroatoms. The van der Waals surface area contributed by atoms with Crippen LogP contribution in [0.4, 0.5) is 0 Å². The van der Waals surface area contributed by atoms with Gasteiger partial charge in [-0.1, -0.05) is 24.3 Å². The molecular formula is C18H30N4S. The molecule has 4 nitrogen and oxygen atoms in total. The van der Waals surface area contributed by atoms with Gasteiger partial charge in [0.25, 0.3) is 0 Å². The highest BCUT2D eigenvalue weighted by molar-refractivity contribution is 8.00. The zero-order chi connectivity index (χ0) is 16.9. The minimum atomic E-state index is 0.295. The van der Waals surface area contributed by atoms with Gasteiger partial charge in [0, 0.05) is 43.7 Å². The molecule has 0 bridgehead atoms. The van der Waals surface area contributed by atoms with E-state index in [1.807, 2.05) is 18.8 Å². The topological polar surface area (TPSA) is 30.9 Å². The van der Waals surface area contributed by atoms with Crippen molar-refractivity contribution in [3.8, 4) is 0 Å². The van der Waals surface area contributed by atoms with Crippen LogP contribution < -0.4 is 5.32 Å². The van der Waals surface area contributed by atoms with Crippen molar-refractivity contribution in [3.05, 3.63) is 35.4 Å². The Morgan fingerprint density at radius 3 is 2.48 bits per heavy atom. The number of nitrogens with zero attached hydrogens (tertiary/aromatic N) is 3. The first-order chi connectivity index (χ1) is 10.9. The van der Waals surface area contributed by atoms with Crippen LogP contribution in [0.1, 0.15) is 25.0 Å². The second-order valence-electron chi connectivity index (χ2n) is 6.98. The zero-order valence-corrected chi connectivity index (χ0v) is 15.9. The summed E-state index contributed by atoms with van der Waals surface area (Å²) in [4.78, 5) is 9.02. The molecule has 1 fully saturated rings. The molecule has 1 aliphatic rings. The molecule has 0 saturated carbocycles. The van der Waals surface area contributed by atoms with Crippen molar-refractivity contribution in [1.29, 1.82) is 0 Å². The summed E-state index contributed by atoms with van der Waals surface area (Å²) >= 11 is 2.04. The van der Waals surface area contributed by atoms with E-state index in [4.69, 9.17) is 0 Å². The van der Waals surface area contributed by atoms with Crippen molar-refractivity contribution in [2.45, 2.75) is 31.7 Å². The van der Waals surface area contributed by atoms with E-state index in [-0.39, 0.29) is 0 Å². The summed E-state index contributed by atoms with van der Waals surface area (Å²) in [6.07, 6.45) is 0. The Morgan fingerprint density at radius 1 is 1.26 bits per heavy atom. The summed E-state index contributed by atoms with van der Waals surface area (Å²) in [6.45, 7) is 8.52. The maximum absolute atomic E-state index is 4.46. The van der Waals surface area contributed by atoms with Crippen molar-refractivity contribution in [2.75, 3.05) is 40.0 Å². The maximum atomic E-state index is 4.46. The standard InChI is InChI=1S/C18H30N4S/c1-18(2)14-22(10-11-23-18)17(19-3)20-12-15-6-8-16(9-7-15)13-21(4)5/h6-9H,10-14H2,1-5H3,(H,19,20). The Balaban J connectivity index is 1.90. The second kappa shape index (κ2) is 8.06. The third-order valence-electron chi connectivity index (χ3n) is 3.91. The summed E-state index contributed by atoms with van der Waals surface area (Å²) in [5.74, 6) is 2.17. The average Bonchev–Trinajstić information content (AvgIpc) is 2.48.